The van der Waals surface area contributed by atoms with Crippen LogP contribution in [0.4, 0.5) is 0 Å². The number of unbranched alkanes of at least 4 members (excludes halogenated alkanes) is 9. The fourth-order valence-corrected chi connectivity index (χ4v) is 5.81. The molecule has 0 amide bonds. The van der Waals surface area contributed by atoms with E-state index < -0.39 is 68.0 Å². The molecule has 2 heterocycles. The van der Waals surface area contributed by atoms with Gasteiger partial charge in [-0.1, -0.05) is 64.7 Å². The summed E-state index contributed by atoms with van der Waals surface area (Å²) < 4.78 is 22.0. The maximum Gasteiger partial charge on any atom is 0.224 e. The highest BCUT2D eigenvalue weighted by atomic mass is 32.2. The lowest BCUT2D eigenvalue weighted by Gasteiger charge is -2.43. The van der Waals surface area contributed by atoms with Gasteiger partial charge in [-0.15, -0.1) is 0 Å². The predicted octanol–water partition coefficient (Wildman–Crippen LogP) is 0.673. The first-order valence-electron chi connectivity index (χ1n) is 14.6. The van der Waals surface area contributed by atoms with E-state index in [2.05, 4.69) is 6.92 Å². The van der Waals surface area contributed by atoms with E-state index in [9.17, 15) is 35.7 Å². The zero-order valence-corrected chi connectivity index (χ0v) is 24.1. The molecule has 2 fully saturated rings. The van der Waals surface area contributed by atoms with Crippen molar-refractivity contribution in [1.82, 2.24) is 0 Å². The first-order chi connectivity index (χ1) is 18.8. The topological polar surface area (TPSA) is 179 Å². The monoisotopic (exact) mass is 584 g/mol. The Morgan fingerprint density at radius 3 is 1.92 bits per heavy atom. The number of ether oxygens (including phenoxy) is 4. The van der Waals surface area contributed by atoms with Crippen LogP contribution in [0, 0.1) is 0 Å². The molecule has 39 heavy (non-hydrogen) atoms. The molecule has 2 aliphatic heterocycles. The van der Waals surface area contributed by atoms with Crippen LogP contribution >= 0.6 is 11.8 Å². The Morgan fingerprint density at radius 2 is 1.33 bits per heavy atom. The van der Waals surface area contributed by atoms with E-state index >= 15 is 0 Å². The lowest BCUT2D eigenvalue weighted by Crippen LogP contribution is -2.62. The Hall–Kier alpha value is -0.0900. The Kier molecular flexibility index (Phi) is 17.3. The minimum Gasteiger partial charge on any atom is -0.394 e. The number of thioether (sulfide) groups is 1. The summed E-state index contributed by atoms with van der Waals surface area (Å²) in [7, 11) is 0. The van der Waals surface area contributed by atoms with Crippen LogP contribution in [0.25, 0.3) is 0 Å². The molecule has 2 rings (SSSR count). The van der Waals surface area contributed by atoms with Crippen LogP contribution in [0.5, 0.6) is 0 Å². The van der Waals surface area contributed by atoms with Crippen molar-refractivity contribution in [1.29, 1.82) is 0 Å². The third-order valence-electron chi connectivity index (χ3n) is 7.39. The van der Waals surface area contributed by atoms with Crippen molar-refractivity contribution in [2.75, 3.05) is 37.9 Å². The van der Waals surface area contributed by atoms with Crippen molar-refractivity contribution in [3.63, 3.8) is 0 Å². The van der Waals surface area contributed by atoms with Crippen molar-refractivity contribution in [2.24, 2.45) is 0 Å². The fourth-order valence-electron chi connectivity index (χ4n) is 4.87. The summed E-state index contributed by atoms with van der Waals surface area (Å²) in [5, 5.41) is 70.5. The second-order valence-electron chi connectivity index (χ2n) is 10.6. The van der Waals surface area contributed by atoms with E-state index in [-0.39, 0.29) is 6.61 Å². The molecule has 0 spiro atoms. The van der Waals surface area contributed by atoms with Gasteiger partial charge in [0.25, 0.3) is 0 Å². The van der Waals surface area contributed by atoms with Crippen LogP contribution in [0.2, 0.25) is 0 Å². The molecule has 0 aliphatic carbocycles. The Bertz CT molecular complexity index is 633. The van der Waals surface area contributed by atoms with E-state index in [4.69, 9.17) is 18.9 Å². The lowest BCUT2D eigenvalue weighted by atomic mass is 9.99. The number of aliphatic hydroxyl groups excluding tert-OH is 7. The van der Waals surface area contributed by atoms with Gasteiger partial charge in [0.2, 0.25) is 5.79 Å². The van der Waals surface area contributed by atoms with Crippen LogP contribution in [0.1, 0.15) is 77.6 Å². The van der Waals surface area contributed by atoms with Gasteiger partial charge in [0.05, 0.1) is 13.2 Å². The summed E-state index contributed by atoms with van der Waals surface area (Å²) in [5.74, 6) is -0.130. The molecular weight excluding hydrogens is 532 g/mol. The van der Waals surface area contributed by atoms with Gasteiger partial charge in [-0.3, -0.25) is 0 Å². The van der Waals surface area contributed by atoms with Crippen molar-refractivity contribution in [3.05, 3.63) is 0 Å². The highest BCUT2D eigenvalue weighted by Crippen LogP contribution is 2.36. The maximum atomic E-state index is 10.3. The SMILES string of the molecule is CCCCCCCCCCCCSCCCOC[C@H]1O[C@H](O[C@]2(CO)O[C@H](CO)[C@@H](O)[C@@H]2O)[C@H](O)[C@@H](O)[C@@H]1O. The summed E-state index contributed by atoms with van der Waals surface area (Å²) in [6, 6.07) is 0. The van der Waals surface area contributed by atoms with E-state index in [1.165, 1.54) is 64.2 Å². The molecule has 2 saturated heterocycles. The van der Waals surface area contributed by atoms with Gasteiger partial charge in [-0.25, -0.2) is 0 Å². The largest absolute Gasteiger partial charge is 0.394 e. The van der Waals surface area contributed by atoms with Crippen LogP contribution in [-0.4, -0.2) is 128 Å². The molecule has 0 aromatic heterocycles. The molecule has 0 bridgehead atoms. The zero-order valence-electron chi connectivity index (χ0n) is 23.3. The average molecular weight is 585 g/mol. The number of hydrogen-bond donors (Lipinski definition) is 7. The van der Waals surface area contributed by atoms with Crippen molar-refractivity contribution in [2.45, 2.75) is 132 Å². The molecule has 9 atom stereocenters. The molecule has 2 aliphatic rings. The molecule has 0 aromatic rings. The third kappa shape index (κ3) is 10.9. The van der Waals surface area contributed by atoms with Gasteiger partial charge in [0.1, 0.15) is 49.3 Å². The normalized spacial score (nSPS) is 35.1. The van der Waals surface area contributed by atoms with Crippen LogP contribution in [-0.2, 0) is 18.9 Å². The molecule has 0 aromatic carbocycles. The highest BCUT2D eigenvalue weighted by molar-refractivity contribution is 7.99. The number of aliphatic hydroxyl groups is 7. The van der Waals surface area contributed by atoms with Crippen molar-refractivity contribution in [3.8, 4) is 0 Å². The summed E-state index contributed by atoms with van der Waals surface area (Å²) in [5.41, 5.74) is 0. The molecule has 232 valence electrons. The third-order valence-corrected chi connectivity index (χ3v) is 8.55. The van der Waals surface area contributed by atoms with Gasteiger partial charge < -0.3 is 54.7 Å². The second-order valence-corrected chi connectivity index (χ2v) is 11.8. The summed E-state index contributed by atoms with van der Waals surface area (Å²) in [6.45, 7) is 1.02. The number of rotatable bonds is 21. The van der Waals surface area contributed by atoms with Gasteiger partial charge in [-0.05, 0) is 24.3 Å². The fraction of sp³-hybridized carbons (Fsp3) is 1.00. The summed E-state index contributed by atoms with van der Waals surface area (Å²) >= 11 is 1.89. The molecule has 0 unspecified atom stereocenters. The molecular formula is C27H52O11S. The molecule has 7 N–H and O–H groups in total. The molecule has 11 nitrogen and oxygen atoms in total. The second kappa shape index (κ2) is 19.2. The van der Waals surface area contributed by atoms with Crippen molar-refractivity contribution >= 4 is 11.8 Å². The van der Waals surface area contributed by atoms with E-state index in [1.807, 2.05) is 11.8 Å². The first kappa shape index (κ1) is 35.1. The Labute approximate surface area is 236 Å². The molecule has 0 radical (unpaired) electrons. The average Bonchev–Trinajstić information content (AvgIpc) is 3.18. The smallest absolute Gasteiger partial charge is 0.224 e. The molecule has 12 heteroatoms. The van der Waals surface area contributed by atoms with Gasteiger partial charge in [0.15, 0.2) is 6.29 Å². The minimum absolute atomic E-state index is 0.0780. The summed E-state index contributed by atoms with van der Waals surface area (Å²) in [4.78, 5) is 0. The standard InChI is InChI=1S/C27H52O11S/c1-2-3-4-5-6-7-8-9-10-11-14-39-15-12-13-35-17-20-21(30)23(32)24(33)26(36-20)38-27(18-29)25(34)22(31)19(16-28)37-27/h19-26,28-34H,2-18H2,1H3/t19-,20-,21-,22-,23+,24-,25+,26-,27+/m1/s1. The summed E-state index contributed by atoms with van der Waals surface area (Å²) in [6.07, 6.45) is 1.98. The van der Waals surface area contributed by atoms with Crippen LogP contribution in [0.15, 0.2) is 0 Å². The van der Waals surface area contributed by atoms with E-state index in [0.717, 1.165) is 17.9 Å². The van der Waals surface area contributed by atoms with Crippen LogP contribution < -0.4 is 0 Å². The molecule has 0 saturated carbocycles. The van der Waals surface area contributed by atoms with Gasteiger partial charge in [0, 0.05) is 6.61 Å². The van der Waals surface area contributed by atoms with Gasteiger partial charge in [-0.2, -0.15) is 11.8 Å². The first-order valence-corrected chi connectivity index (χ1v) is 15.7. The Morgan fingerprint density at radius 1 is 0.718 bits per heavy atom. The van der Waals surface area contributed by atoms with Crippen LogP contribution in [0.3, 0.4) is 0 Å². The van der Waals surface area contributed by atoms with E-state index in [1.54, 1.807) is 0 Å². The zero-order chi connectivity index (χ0) is 28.7. The van der Waals surface area contributed by atoms with Crippen molar-refractivity contribution < 1.29 is 54.7 Å². The maximum absolute atomic E-state index is 10.3. The number of hydrogen-bond acceptors (Lipinski definition) is 12. The highest BCUT2D eigenvalue weighted by Gasteiger charge is 2.58. The quantitative estimate of drug-likeness (QED) is 0.0940. The predicted molar refractivity (Wildman–Crippen MR) is 146 cm³/mol. The Balaban J connectivity index is 1.61. The lowest BCUT2D eigenvalue weighted by molar-refractivity contribution is -0.384. The van der Waals surface area contributed by atoms with E-state index in [0.29, 0.717) is 6.61 Å². The van der Waals surface area contributed by atoms with Gasteiger partial charge >= 0.3 is 0 Å². The minimum atomic E-state index is -2.20.